The SMILES string of the molecule is CCN(CC)Cc1c(C)nc2ccccn12. The normalized spacial score (nSPS) is 11.5. The molecular formula is C13H19N3. The van der Waals surface area contributed by atoms with Crippen LogP contribution in [0.2, 0.25) is 0 Å². The van der Waals surface area contributed by atoms with Crippen LogP contribution in [-0.4, -0.2) is 27.4 Å². The van der Waals surface area contributed by atoms with Gasteiger partial charge in [0.15, 0.2) is 0 Å². The van der Waals surface area contributed by atoms with E-state index in [2.05, 4.69) is 53.4 Å². The molecule has 2 aromatic heterocycles. The highest BCUT2D eigenvalue weighted by molar-refractivity contribution is 5.42. The van der Waals surface area contributed by atoms with E-state index in [-0.39, 0.29) is 0 Å². The quantitative estimate of drug-likeness (QED) is 0.784. The lowest BCUT2D eigenvalue weighted by Crippen LogP contribution is -2.23. The Morgan fingerprint density at radius 1 is 1.25 bits per heavy atom. The standard InChI is InChI=1S/C13H19N3/c1-4-15(5-2)10-12-11(3)14-13-8-6-7-9-16(12)13/h6-9H,4-5,10H2,1-3H3. The molecule has 0 saturated carbocycles. The van der Waals surface area contributed by atoms with E-state index in [0.717, 1.165) is 31.0 Å². The predicted molar refractivity (Wildman–Crippen MR) is 66.6 cm³/mol. The summed E-state index contributed by atoms with van der Waals surface area (Å²) in [4.78, 5) is 6.98. The minimum atomic E-state index is 0.976. The molecule has 0 aliphatic heterocycles. The van der Waals surface area contributed by atoms with Crippen LogP contribution in [-0.2, 0) is 6.54 Å². The van der Waals surface area contributed by atoms with E-state index in [1.54, 1.807) is 0 Å². The molecule has 0 aliphatic rings. The Kier molecular flexibility index (Phi) is 3.25. The maximum atomic E-state index is 4.57. The highest BCUT2D eigenvalue weighted by Gasteiger charge is 2.10. The van der Waals surface area contributed by atoms with Crippen molar-refractivity contribution in [3.63, 3.8) is 0 Å². The summed E-state index contributed by atoms with van der Waals surface area (Å²) >= 11 is 0. The van der Waals surface area contributed by atoms with Crippen LogP contribution in [0.25, 0.3) is 5.65 Å². The van der Waals surface area contributed by atoms with Gasteiger partial charge in [0.25, 0.3) is 0 Å². The average molecular weight is 217 g/mol. The molecular weight excluding hydrogens is 198 g/mol. The van der Waals surface area contributed by atoms with E-state index in [4.69, 9.17) is 0 Å². The molecule has 86 valence electrons. The van der Waals surface area contributed by atoms with Gasteiger partial charge >= 0.3 is 0 Å². The lowest BCUT2D eigenvalue weighted by atomic mass is 10.3. The van der Waals surface area contributed by atoms with Gasteiger partial charge in [-0.05, 0) is 32.1 Å². The fourth-order valence-corrected chi connectivity index (χ4v) is 2.01. The van der Waals surface area contributed by atoms with Gasteiger partial charge in [-0.25, -0.2) is 4.98 Å². The first kappa shape index (κ1) is 11.1. The van der Waals surface area contributed by atoms with E-state index >= 15 is 0 Å². The van der Waals surface area contributed by atoms with Crippen LogP contribution in [0.5, 0.6) is 0 Å². The zero-order valence-corrected chi connectivity index (χ0v) is 10.3. The molecule has 0 atom stereocenters. The molecule has 0 N–H and O–H groups in total. The van der Waals surface area contributed by atoms with Gasteiger partial charge in [0.2, 0.25) is 0 Å². The Morgan fingerprint density at radius 2 is 2.00 bits per heavy atom. The first-order valence-electron chi connectivity index (χ1n) is 5.91. The van der Waals surface area contributed by atoms with Gasteiger partial charge in [-0.2, -0.15) is 0 Å². The highest BCUT2D eigenvalue weighted by atomic mass is 15.1. The number of nitrogens with zero attached hydrogens (tertiary/aromatic N) is 3. The molecule has 0 fully saturated rings. The third-order valence-corrected chi connectivity index (χ3v) is 3.10. The number of aryl methyl sites for hydroxylation is 1. The molecule has 0 saturated heterocycles. The fraction of sp³-hybridized carbons (Fsp3) is 0.462. The summed E-state index contributed by atoms with van der Waals surface area (Å²) < 4.78 is 2.19. The summed E-state index contributed by atoms with van der Waals surface area (Å²) in [6.45, 7) is 9.62. The molecule has 3 nitrogen and oxygen atoms in total. The van der Waals surface area contributed by atoms with Crippen molar-refractivity contribution in [2.45, 2.75) is 27.3 Å². The van der Waals surface area contributed by atoms with Gasteiger partial charge in [-0.3, -0.25) is 4.90 Å². The van der Waals surface area contributed by atoms with Crippen molar-refractivity contribution in [1.82, 2.24) is 14.3 Å². The Bertz CT molecular complexity index is 469. The topological polar surface area (TPSA) is 20.5 Å². The second-order valence-electron chi connectivity index (χ2n) is 4.03. The Morgan fingerprint density at radius 3 is 2.69 bits per heavy atom. The molecule has 2 aromatic rings. The number of aromatic nitrogens is 2. The number of rotatable bonds is 4. The van der Waals surface area contributed by atoms with E-state index in [1.807, 2.05) is 6.07 Å². The Balaban J connectivity index is 2.39. The van der Waals surface area contributed by atoms with Gasteiger partial charge in [-0.1, -0.05) is 19.9 Å². The number of hydrogen-bond acceptors (Lipinski definition) is 2. The van der Waals surface area contributed by atoms with E-state index in [0.29, 0.717) is 0 Å². The molecule has 0 aliphatic carbocycles. The van der Waals surface area contributed by atoms with Crippen molar-refractivity contribution in [3.05, 3.63) is 35.8 Å². The van der Waals surface area contributed by atoms with Crippen molar-refractivity contribution >= 4 is 5.65 Å². The summed E-state index contributed by atoms with van der Waals surface area (Å²) in [5.41, 5.74) is 3.49. The Hall–Kier alpha value is -1.35. The first-order valence-corrected chi connectivity index (χ1v) is 5.91. The van der Waals surface area contributed by atoms with Crippen molar-refractivity contribution in [2.75, 3.05) is 13.1 Å². The molecule has 0 bridgehead atoms. The molecule has 3 heteroatoms. The molecule has 0 unspecified atom stereocenters. The van der Waals surface area contributed by atoms with E-state index in [9.17, 15) is 0 Å². The van der Waals surface area contributed by atoms with Crippen LogP contribution in [0, 0.1) is 6.92 Å². The highest BCUT2D eigenvalue weighted by Crippen LogP contribution is 2.13. The molecule has 2 heterocycles. The zero-order valence-electron chi connectivity index (χ0n) is 10.3. The maximum Gasteiger partial charge on any atom is 0.137 e. The van der Waals surface area contributed by atoms with Gasteiger partial charge in [-0.15, -0.1) is 0 Å². The smallest absolute Gasteiger partial charge is 0.137 e. The van der Waals surface area contributed by atoms with Crippen LogP contribution >= 0.6 is 0 Å². The monoisotopic (exact) mass is 217 g/mol. The molecule has 0 amide bonds. The lowest BCUT2D eigenvalue weighted by molar-refractivity contribution is 0.291. The summed E-state index contributed by atoms with van der Waals surface area (Å²) in [5, 5.41) is 0. The summed E-state index contributed by atoms with van der Waals surface area (Å²) in [6.07, 6.45) is 2.09. The lowest BCUT2D eigenvalue weighted by Gasteiger charge is -2.18. The van der Waals surface area contributed by atoms with Gasteiger partial charge in [0.05, 0.1) is 11.4 Å². The summed E-state index contributed by atoms with van der Waals surface area (Å²) in [6, 6.07) is 6.14. The number of fused-ring (bicyclic) bond motifs is 1. The first-order chi connectivity index (χ1) is 7.76. The third kappa shape index (κ3) is 1.95. The molecule has 0 radical (unpaired) electrons. The van der Waals surface area contributed by atoms with Crippen molar-refractivity contribution < 1.29 is 0 Å². The number of pyridine rings is 1. The van der Waals surface area contributed by atoms with Crippen molar-refractivity contribution in [3.8, 4) is 0 Å². The van der Waals surface area contributed by atoms with Crippen LogP contribution in [0.4, 0.5) is 0 Å². The second-order valence-corrected chi connectivity index (χ2v) is 4.03. The minimum Gasteiger partial charge on any atom is -0.302 e. The van der Waals surface area contributed by atoms with Crippen molar-refractivity contribution in [2.24, 2.45) is 0 Å². The summed E-state index contributed by atoms with van der Waals surface area (Å²) in [7, 11) is 0. The van der Waals surface area contributed by atoms with Crippen LogP contribution in [0.1, 0.15) is 25.2 Å². The van der Waals surface area contributed by atoms with Crippen molar-refractivity contribution in [1.29, 1.82) is 0 Å². The zero-order chi connectivity index (χ0) is 11.5. The van der Waals surface area contributed by atoms with Gasteiger partial charge < -0.3 is 4.40 Å². The second kappa shape index (κ2) is 4.66. The van der Waals surface area contributed by atoms with Crippen LogP contribution < -0.4 is 0 Å². The fourth-order valence-electron chi connectivity index (χ4n) is 2.01. The average Bonchev–Trinajstić information content (AvgIpc) is 2.62. The van der Waals surface area contributed by atoms with E-state index < -0.39 is 0 Å². The Labute approximate surface area is 96.7 Å². The minimum absolute atomic E-state index is 0.976. The summed E-state index contributed by atoms with van der Waals surface area (Å²) in [5.74, 6) is 0. The van der Waals surface area contributed by atoms with E-state index in [1.165, 1.54) is 5.69 Å². The molecule has 0 aromatic carbocycles. The molecule has 2 rings (SSSR count). The van der Waals surface area contributed by atoms with Gasteiger partial charge in [0, 0.05) is 12.7 Å². The molecule has 16 heavy (non-hydrogen) atoms. The van der Waals surface area contributed by atoms with Crippen LogP contribution in [0.15, 0.2) is 24.4 Å². The number of imidazole rings is 1. The predicted octanol–water partition coefficient (Wildman–Crippen LogP) is 2.48. The largest absolute Gasteiger partial charge is 0.302 e. The van der Waals surface area contributed by atoms with Crippen LogP contribution in [0.3, 0.4) is 0 Å². The maximum absolute atomic E-state index is 4.57. The number of hydrogen-bond donors (Lipinski definition) is 0. The van der Waals surface area contributed by atoms with Gasteiger partial charge in [0.1, 0.15) is 5.65 Å². The molecule has 0 spiro atoms. The third-order valence-electron chi connectivity index (χ3n) is 3.10.